The Bertz CT molecular complexity index is 570. The summed E-state index contributed by atoms with van der Waals surface area (Å²) >= 11 is 0. The van der Waals surface area contributed by atoms with Gasteiger partial charge in [0.15, 0.2) is 11.6 Å². The molecule has 1 aromatic carbocycles. The fourth-order valence-electron chi connectivity index (χ4n) is 1.42. The quantitative estimate of drug-likeness (QED) is 0.838. The molecule has 1 N–H and O–H groups in total. The SMILES string of the molecule is COc1c(F)cc(S(=O)(=O)Cl)cc1CCC(=O)O. The first-order chi connectivity index (χ1) is 8.25. The van der Waals surface area contributed by atoms with Crippen molar-refractivity contribution in [3.8, 4) is 5.75 Å². The number of carboxylic acid groups (broad SMARTS) is 1. The van der Waals surface area contributed by atoms with Crippen LogP contribution in [0.5, 0.6) is 5.75 Å². The van der Waals surface area contributed by atoms with Crippen LogP contribution in [0.3, 0.4) is 0 Å². The van der Waals surface area contributed by atoms with Crippen LogP contribution in [0, 0.1) is 5.82 Å². The third kappa shape index (κ3) is 3.58. The lowest BCUT2D eigenvalue weighted by atomic mass is 10.1. The lowest BCUT2D eigenvalue weighted by Gasteiger charge is -2.10. The summed E-state index contributed by atoms with van der Waals surface area (Å²) in [5.74, 6) is -2.17. The monoisotopic (exact) mass is 296 g/mol. The Morgan fingerprint density at radius 1 is 1.50 bits per heavy atom. The topological polar surface area (TPSA) is 80.7 Å². The fourth-order valence-corrected chi connectivity index (χ4v) is 2.21. The summed E-state index contributed by atoms with van der Waals surface area (Å²) in [4.78, 5) is 10.0. The van der Waals surface area contributed by atoms with Gasteiger partial charge in [0.1, 0.15) is 0 Å². The number of ether oxygens (including phenoxy) is 1. The van der Waals surface area contributed by atoms with E-state index in [4.69, 9.17) is 20.5 Å². The normalized spacial score (nSPS) is 11.3. The van der Waals surface area contributed by atoms with E-state index in [0.29, 0.717) is 0 Å². The minimum Gasteiger partial charge on any atom is -0.493 e. The van der Waals surface area contributed by atoms with E-state index in [0.717, 1.165) is 12.1 Å². The highest BCUT2D eigenvalue weighted by Crippen LogP contribution is 2.29. The van der Waals surface area contributed by atoms with Crippen LogP contribution in [-0.4, -0.2) is 26.6 Å². The molecule has 0 aliphatic carbocycles. The third-order valence-corrected chi connectivity index (χ3v) is 3.52. The Kier molecular flexibility index (Phi) is 4.53. The summed E-state index contributed by atoms with van der Waals surface area (Å²) in [6.45, 7) is 0. The Morgan fingerprint density at radius 2 is 2.11 bits per heavy atom. The second-order valence-corrected chi connectivity index (χ2v) is 5.99. The van der Waals surface area contributed by atoms with Gasteiger partial charge in [-0.3, -0.25) is 4.79 Å². The zero-order valence-corrected chi connectivity index (χ0v) is 10.9. The molecule has 0 radical (unpaired) electrons. The molecule has 0 fully saturated rings. The molecule has 0 saturated carbocycles. The molecule has 0 aromatic heterocycles. The van der Waals surface area contributed by atoms with Crippen LogP contribution in [0.1, 0.15) is 12.0 Å². The van der Waals surface area contributed by atoms with Crippen LogP contribution in [0.4, 0.5) is 4.39 Å². The minimum absolute atomic E-state index is 0.0598. The maximum Gasteiger partial charge on any atom is 0.303 e. The van der Waals surface area contributed by atoms with Crippen LogP contribution in [0.25, 0.3) is 0 Å². The van der Waals surface area contributed by atoms with Crippen LogP contribution < -0.4 is 4.74 Å². The number of aryl methyl sites for hydroxylation is 1. The van der Waals surface area contributed by atoms with Crippen molar-refractivity contribution < 1.29 is 27.4 Å². The van der Waals surface area contributed by atoms with Gasteiger partial charge in [0, 0.05) is 17.1 Å². The van der Waals surface area contributed by atoms with E-state index in [1.807, 2.05) is 0 Å². The summed E-state index contributed by atoms with van der Waals surface area (Å²) in [5.41, 5.74) is 0.138. The number of methoxy groups -OCH3 is 1. The lowest BCUT2D eigenvalue weighted by molar-refractivity contribution is -0.136. The van der Waals surface area contributed by atoms with Crippen molar-refractivity contribution in [3.63, 3.8) is 0 Å². The number of hydrogen-bond acceptors (Lipinski definition) is 4. The molecule has 0 atom stereocenters. The highest BCUT2D eigenvalue weighted by atomic mass is 35.7. The maximum atomic E-state index is 13.6. The zero-order chi connectivity index (χ0) is 13.9. The summed E-state index contributed by atoms with van der Waals surface area (Å²) in [6, 6.07) is 1.83. The van der Waals surface area contributed by atoms with Gasteiger partial charge in [-0.05, 0) is 24.1 Å². The van der Waals surface area contributed by atoms with E-state index < -0.39 is 25.7 Å². The van der Waals surface area contributed by atoms with Gasteiger partial charge in [-0.1, -0.05) is 0 Å². The van der Waals surface area contributed by atoms with E-state index in [1.54, 1.807) is 0 Å². The second kappa shape index (κ2) is 5.53. The predicted molar refractivity (Wildman–Crippen MR) is 61.9 cm³/mol. The maximum absolute atomic E-state index is 13.6. The smallest absolute Gasteiger partial charge is 0.303 e. The molecular weight excluding hydrogens is 287 g/mol. The van der Waals surface area contributed by atoms with Crippen LogP contribution in [0.2, 0.25) is 0 Å². The summed E-state index contributed by atoms with van der Waals surface area (Å²) in [7, 11) is 2.23. The minimum atomic E-state index is -4.08. The van der Waals surface area contributed by atoms with Gasteiger partial charge in [-0.2, -0.15) is 0 Å². The molecule has 0 aliphatic heterocycles. The molecule has 100 valence electrons. The van der Waals surface area contributed by atoms with E-state index >= 15 is 0 Å². The molecule has 0 spiro atoms. The van der Waals surface area contributed by atoms with Crippen molar-refractivity contribution in [2.75, 3.05) is 7.11 Å². The van der Waals surface area contributed by atoms with Crippen molar-refractivity contribution in [1.82, 2.24) is 0 Å². The van der Waals surface area contributed by atoms with Crippen LogP contribution in [-0.2, 0) is 20.3 Å². The van der Waals surface area contributed by atoms with Gasteiger partial charge >= 0.3 is 5.97 Å². The molecule has 1 rings (SSSR count). The molecular formula is C10H10ClFO5S. The number of rotatable bonds is 5. The highest BCUT2D eigenvalue weighted by molar-refractivity contribution is 8.13. The van der Waals surface area contributed by atoms with Gasteiger partial charge < -0.3 is 9.84 Å². The van der Waals surface area contributed by atoms with Crippen molar-refractivity contribution >= 4 is 25.7 Å². The largest absolute Gasteiger partial charge is 0.493 e. The zero-order valence-electron chi connectivity index (χ0n) is 9.31. The highest BCUT2D eigenvalue weighted by Gasteiger charge is 2.18. The molecule has 0 bridgehead atoms. The molecule has 5 nitrogen and oxygen atoms in total. The van der Waals surface area contributed by atoms with Crippen molar-refractivity contribution in [2.45, 2.75) is 17.7 Å². The first kappa shape index (κ1) is 14.7. The predicted octanol–water partition coefficient (Wildman–Crippen LogP) is 1.78. The van der Waals surface area contributed by atoms with Gasteiger partial charge in [0.25, 0.3) is 9.05 Å². The number of carbonyl (C=O) groups is 1. The standard InChI is InChI=1S/C10H10ClFO5S/c1-17-10-6(2-3-9(13)14)4-7(5-8(10)12)18(11,15)16/h4-5H,2-3H2,1H3,(H,13,14). The van der Waals surface area contributed by atoms with Crippen LogP contribution in [0.15, 0.2) is 17.0 Å². The second-order valence-electron chi connectivity index (χ2n) is 3.43. The molecule has 8 heteroatoms. The summed E-state index contributed by atoms with van der Waals surface area (Å²) < 4.78 is 40.6. The number of hydrogen-bond donors (Lipinski definition) is 1. The first-order valence-corrected chi connectivity index (χ1v) is 7.09. The number of halogens is 2. The number of aliphatic carboxylic acids is 1. The molecule has 0 heterocycles. The van der Waals surface area contributed by atoms with Crippen molar-refractivity contribution in [3.05, 3.63) is 23.5 Å². The Morgan fingerprint density at radius 3 is 2.56 bits per heavy atom. The molecule has 0 amide bonds. The Hall–Kier alpha value is -1.34. The summed E-state index contributed by atoms with van der Waals surface area (Å²) in [5, 5.41) is 8.56. The van der Waals surface area contributed by atoms with Crippen LogP contribution >= 0.6 is 10.7 Å². The van der Waals surface area contributed by atoms with Gasteiger partial charge in [0.05, 0.1) is 12.0 Å². The number of benzene rings is 1. The van der Waals surface area contributed by atoms with E-state index in [9.17, 15) is 17.6 Å². The Labute approximate surface area is 108 Å². The summed E-state index contributed by atoms with van der Waals surface area (Å²) in [6.07, 6.45) is -0.336. The molecule has 18 heavy (non-hydrogen) atoms. The molecule has 0 unspecified atom stereocenters. The molecule has 0 aliphatic rings. The lowest BCUT2D eigenvalue weighted by Crippen LogP contribution is -2.03. The van der Waals surface area contributed by atoms with Gasteiger partial charge in [-0.25, -0.2) is 12.8 Å². The van der Waals surface area contributed by atoms with Crippen molar-refractivity contribution in [1.29, 1.82) is 0 Å². The first-order valence-electron chi connectivity index (χ1n) is 4.78. The van der Waals surface area contributed by atoms with E-state index in [-0.39, 0.29) is 24.2 Å². The van der Waals surface area contributed by atoms with Crippen molar-refractivity contribution in [2.24, 2.45) is 0 Å². The van der Waals surface area contributed by atoms with Gasteiger partial charge in [0.2, 0.25) is 0 Å². The molecule has 0 saturated heterocycles. The number of carboxylic acids is 1. The Balaban J connectivity index is 3.28. The van der Waals surface area contributed by atoms with E-state index in [1.165, 1.54) is 7.11 Å². The third-order valence-electron chi connectivity index (χ3n) is 2.19. The van der Waals surface area contributed by atoms with Gasteiger partial charge in [-0.15, -0.1) is 0 Å². The van der Waals surface area contributed by atoms with E-state index in [2.05, 4.69) is 0 Å². The fraction of sp³-hybridized carbons (Fsp3) is 0.300. The average Bonchev–Trinajstić information content (AvgIpc) is 2.24. The average molecular weight is 297 g/mol. The molecule has 1 aromatic rings.